The molecule has 0 bridgehead atoms. The van der Waals surface area contributed by atoms with Gasteiger partial charge in [0.05, 0.1) is 25.3 Å². The predicted octanol–water partition coefficient (Wildman–Crippen LogP) is 2.19. The van der Waals surface area contributed by atoms with Gasteiger partial charge in [0.15, 0.2) is 0 Å². The average molecular weight is 359 g/mol. The Bertz CT molecular complexity index is 717. The van der Waals surface area contributed by atoms with E-state index in [1.165, 1.54) is 24.4 Å². The molecular weight excluding hydrogens is 338 g/mol. The number of anilines is 1. The standard InChI is InChI=1S/C17H21N5O2S/c23-17(18-13-10-24-11-14(13)22-8-4-5-9-22)19-16-15(20-21-25-16)12-6-2-1-3-7-12/h1-3,6-7,13-14H,4-5,8-11H2,(H2,18,19,23)/t13-,14-/m0/s1. The fourth-order valence-corrected chi connectivity index (χ4v) is 4.07. The Morgan fingerprint density at radius 3 is 2.80 bits per heavy atom. The second-order valence-electron chi connectivity index (χ2n) is 6.37. The molecule has 0 spiro atoms. The van der Waals surface area contributed by atoms with Gasteiger partial charge in [-0.05, 0) is 25.9 Å². The third kappa shape index (κ3) is 3.65. The first kappa shape index (κ1) is 16.4. The zero-order valence-corrected chi connectivity index (χ0v) is 14.7. The Hall–Kier alpha value is -2.03. The zero-order chi connectivity index (χ0) is 17.1. The Balaban J connectivity index is 1.40. The second-order valence-corrected chi connectivity index (χ2v) is 7.12. The monoisotopic (exact) mass is 359 g/mol. The van der Waals surface area contributed by atoms with E-state index in [0.717, 1.165) is 18.7 Å². The summed E-state index contributed by atoms with van der Waals surface area (Å²) < 4.78 is 9.58. The highest BCUT2D eigenvalue weighted by Crippen LogP contribution is 2.28. The minimum Gasteiger partial charge on any atom is -0.378 e. The van der Waals surface area contributed by atoms with E-state index < -0.39 is 0 Å². The lowest BCUT2D eigenvalue weighted by atomic mass is 10.1. The van der Waals surface area contributed by atoms with Gasteiger partial charge in [-0.15, -0.1) is 5.10 Å². The third-order valence-electron chi connectivity index (χ3n) is 4.74. The summed E-state index contributed by atoms with van der Waals surface area (Å²) in [5.41, 5.74) is 1.63. The molecule has 1 aromatic carbocycles. The van der Waals surface area contributed by atoms with Crippen LogP contribution in [0.4, 0.5) is 9.80 Å². The molecule has 2 aliphatic rings. The fourth-order valence-electron chi connectivity index (χ4n) is 3.48. The van der Waals surface area contributed by atoms with E-state index in [1.54, 1.807) is 0 Å². The van der Waals surface area contributed by atoms with Crippen LogP contribution >= 0.6 is 11.5 Å². The number of urea groups is 1. The molecule has 2 aliphatic heterocycles. The number of hydrogen-bond acceptors (Lipinski definition) is 6. The average Bonchev–Trinajstić information content (AvgIpc) is 3.37. The van der Waals surface area contributed by atoms with Crippen LogP contribution in [-0.4, -0.2) is 58.9 Å². The predicted molar refractivity (Wildman–Crippen MR) is 96.7 cm³/mol. The van der Waals surface area contributed by atoms with Crippen LogP contribution in [0.5, 0.6) is 0 Å². The maximum atomic E-state index is 12.5. The number of amides is 2. The smallest absolute Gasteiger partial charge is 0.320 e. The molecule has 2 atom stereocenters. The van der Waals surface area contributed by atoms with Gasteiger partial charge in [0.2, 0.25) is 0 Å². The second kappa shape index (κ2) is 7.47. The van der Waals surface area contributed by atoms with E-state index in [2.05, 4.69) is 25.1 Å². The molecule has 0 radical (unpaired) electrons. The summed E-state index contributed by atoms with van der Waals surface area (Å²) in [4.78, 5) is 14.9. The molecule has 0 unspecified atom stereocenters. The van der Waals surface area contributed by atoms with Crippen molar-refractivity contribution in [2.45, 2.75) is 24.9 Å². The largest absolute Gasteiger partial charge is 0.378 e. The lowest BCUT2D eigenvalue weighted by molar-refractivity contribution is 0.159. The summed E-state index contributed by atoms with van der Waals surface area (Å²) in [6, 6.07) is 9.77. The van der Waals surface area contributed by atoms with Gasteiger partial charge in [0, 0.05) is 17.1 Å². The van der Waals surface area contributed by atoms with Gasteiger partial charge >= 0.3 is 6.03 Å². The highest BCUT2D eigenvalue weighted by Gasteiger charge is 2.35. The Morgan fingerprint density at radius 1 is 1.20 bits per heavy atom. The van der Waals surface area contributed by atoms with Gasteiger partial charge in [-0.3, -0.25) is 10.2 Å². The van der Waals surface area contributed by atoms with Gasteiger partial charge in [-0.1, -0.05) is 34.8 Å². The van der Waals surface area contributed by atoms with Crippen molar-refractivity contribution in [2.75, 3.05) is 31.6 Å². The number of nitrogens with zero attached hydrogens (tertiary/aromatic N) is 3. The van der Waals surface area contributed by atoms with Crippen LogP contribution in [0.15, 0.2) is 30.3 Å². The molecule has 8 heteroatoms. The minimum absolute atomic E-state index is 0.0131. The van der Waals surface area contributed by atoms with E-state index in [0.29, 0.717) is 23.9 Å². The first-order chi connectivity index (χ1) is 12.3. The minimum atomic E-state index is -0.233. The number of hydrogen-bond donors (Lipinski definition) is 2. The molecule has 7 nitrogen and oxygen atoms in total. The number of ether oxygens (including phenoxy) is 1. The Morgan fingerprint density at radius 2 is 2.00 bits per heavy atom. The van der Waals surface area contributed by atoms with E-state index in [4.69, 9.17) is 4.74 Å². The van der Waals surface area contributed by atoms with Crippen LogP contribution in [0.2, 0.25) is 0 Å². The summed E-state index contributed by atoms with van der Waals surface area (Å²) >= 11 is 1.18. The van der Waals surface area contributed by atoms with Crippen molar-refractivity contribution in [2.24, 2.45) is 0 Å². The third-order valence-corrected chi connectivity index (χ3v) is 5.38. The maximum Gasteiger partial charge on any atom is 0.320 e. The van der Waals surface area contributed by atoms with Crippen LogP contribution in [0.3, 0.4) is 0 Å². The van der Waals surface area contributed by atoms with E-state index >= 15 is 0 Å². The number of likely N-dealkylation sites (tertiary alicyclic amines) is 1. The van der Waals surface area contributed by atoms with Crippen LogP contribution in [0.1, 0.15) is 12.8 Å². The van der Waals surface area contributed by atoms with Crippen molar-refractivity contribution in [1.29, 1.82) is 0 Å². The van der Waals surface area contributed by atoms with Crippen molar-refractivity contribution in [3.63, 3.8) is 0 Å². The molecule has 4 rings (SSSR count). The molecule has 2 saturated heterocycles. The van der Waals surface area contributed by atoms with Crippen molar-refractivity contribution in [1.82, 2.24) is 19.8 Å². The normalized spacial score (nSPS) is 23.7. The summed E-state index contributed by atoms with van der Waals surface area (Å²) in [5.74, 6) is 0. The summed E-state index contributed by atoms with van der Waals surface area (Å²) in [5, 5.41) is 10.7. The number of aromatic nitrogens is 2. The van der Waals surface area contributed by atoms with Crippen LogP contribution in [0, 0.1) is 0 Å². The molecule has 2 amide bonds. The summed E-state index contributed by atoms with van der Waals surface area (Å²) in [6.45, 7) is 3.42. The fraction of sp³-hybridized carbons (Fsp3) is 0.471. The molecule has 1 aromatic heterocycles. The van der Waals surface area contributed by atoms with Gasteiger partial charge in [0.1, 0.15) is 10.7 Å². The highest BCUT2D eigenvalue weighted by atomic mass is 32.1. The first-order valence-electron chi connectivity index (χ1n) is 8.58. The Labute approximate surface area is 150 Å². The first-order valence-corrected chi connectivity index (χ1v) is 9.36. The lowest BCUT2D eigenvalue weighted by Gasteiger charge is -2.27. The summed E-state index contributed by atoms with van der Waals surface area (Å²) in [7, 11) is 0. The van der Waals surface area contributed by atoms with Crippen LogP contribution in [0.25, 0.3) is 11.3 Å². The molecular formula is C17H21N5O2S. The molecule has 3 heterocycles. The van der Waals surface area contributed by atoms with E-state index in [-0.39, 0.29) is 18.1 Å². The number of benzene rings is 1. The van der Waals surface area contributed by atoms with Gasteiger partial charge in [-0.2, -0.15) is 0 Å². The Kier molecular flexibility index (Phi) is 4.91. The van der Waals surface area contributed by atoms with Gasteiger partial charge < -0.3 is 10.1 Å². The van der Waals surface area contributed by atoms with E-state index in [1.807, 2.05) is 30.3 Å². The van der Waals surface area contributed by atoms with Crippen molar-refractivity contribution in [3.05, 3.63) is 30.3 Å². The molecule has 0 saturated carbocycles. The SMILES string of the molecule is O=C(Nc1snnc1-c1ccccc1)N[C@H]1COC[C@@H]1N1CCCC1. The molecule has 2 fully saturated rings. The molecule has 2 aromatic rings. The molecule has 0 aliphatic carbocycles. The number of carbonyl (C=O) groups is 1. The van der Waals surface area contributed by atoms with Crippen molar-refractivity contribution < 1.29 is 9.53 Å². The van der Waals surface area contributed by atoms with Gasteiger partial charge in [-0.25, -0.2) is 4.79 Å². The quantitative estimate of drug-likeness (QED) is 0.875. The molecule has 25 heavy (non-hydrogen) atoms. The highest BCUT2D eigenvalue weighted by molar-refractivity contribution is 7.10. The zero-order valence-electron chi connectivity index (χ0n) is 13.9. The van der Waals surface area contributed by atoms with Crippen molar-refractivity contribution >= 4 is 22.6 Å². The number of nitrogens with one attached hydrogen (secondary N) is 2. The molecule has 2 N–H and O–H groups in total. The van der Waals surface area contributed by atoms with Crippen molar-refractivity contribution in [3.8, 4) is 11.3 Å². The lowest BCUT2D eigenvalue weighted by Crippen LogP contribution is -2.51. The van der Waals surface area contributed by atoms with Gasteiger partial charge in [0.25, 0.3) is 0 Å². The van der Waals surface area contributed by atoms with Crippen LogP contribution < -0.4 is 10.6 Å². The van der Waals surface area contributed by atoms with E-state index in [9.17, 15) is 4.79 Å². The summed E-state index contributed by atoms with van der Waals surface area (Å²) in [6.07, 6.45) is 2.45. The maximum absolute atomic E-state index is 12.5. The van der Waals surface area contributed by atoms with Crippen LogP contribution in [-0.2, 0) is 4.74 Å². The number of carbonyl (C=O) groups excluding carboxylic acids is 1. The topological polar surface area (TPSA) is 79.4 Å². The molecule has 132 valence electrons. The number of rotatable bonds is 4.